The number of ether oxygens (including phenoxy) is 2. The minimum absolute atomic E-state index is 0.0652. The van der Waals surface area contributed by atoms with E-state index in [4.69, 9.17) is 9.47 Å². The molecule has 0 aromatic heterocycles. The molecule has 7 atom stereocenters. The van der Waals surface area contributed by atoms with E-state index in [-0.39, 0.29) is 31.5 Å². The van der Waals surface area contributed by atoms with Crippen LogP contribution in [0.25, 0.3) is 0 Å². The van der Waals surface area contributed by atoms with Crippen LogP contribution < -0.4 is 5.32 Å². The number of allylic oxidation sites excluding steroid dienone is 1. The third-order valence-corrected chi connectivity index (χ3v) is 9.38. The number of carbonyl (C=O) groups excluding carboxylic acids is 4. The van der Waals surface area contributed by atoms with Gasteiger partial charge in [0.05, 0.1) is 36.6 Å². The molecule has 10 nitrogen and oxygen atoms in total. The molecule has 2 N–H and O–H groups in total. The Morgan fingerprint density at radius 1 is 1.00 bits per heavy atom. The maximum atomic E-state index is 14.6. The van der Waals surface area contributed by atoms with Crippen LogP contribution in [0.5, 0.6) is 0 Å². The van der Waals surface area contributed by atoms with Crippen molar-refractivity contribution in [3.05, 3.63) is 96.1 Å². The summed E-state index contributed by atoms with van der Waals surface area (Å²) in [6, 6.07) is 16.5. The van der Waals surface area contributed by atoms with E-state index in [0.717, 1.165) is 11.1 Å². The number of rotatable bonds is 6. The number of likely N-dealkylation sites (tertiary alicyclic amines) is 1. The highest BCUT2D eigenvalue weighted by atomic mass is 16.5. The van der Waals surface area contributed by atoms with E-state index in [1.54, 1.807) is 23.1 Å². The molecule has 4 aliphatic rings. The van der Waals surface area contributed by atoms with Crippen LogP contribution in [0.3, 0.4) is 0 Å². The molecule has 4 heterocycles. The van der Waals surface area contributed by atoms with Crippen LogP contribution in [0, 0.1) is 11.8 Å². The van der Waals surface area contributed by atoms with Gasteiger partial charge < -0.3 is 29.7 Å². The van der Waals surface area contributed by atoms with Crippen LogP contribution in [0.2, 0.25) is 0 Å². The van der Waals surface area contributed by atoms with Gasteiger partial charge in [-0.1, -0.05) is 91.9 Å². The molecule has 1 spiro atoms. The molecule has 2 saturated heterocycles. The van der Waals surface area contributed by atoms with Crippen molar-refractivity contribution in [2.45, 2.75) is 62.6 Å². The number of fused-ring (bicyclic) bond motifs is 2. The highest BCUT2D eigenvalue weighted by Gasteiger charge is 2.72. The summed E-state index contributed by atoms with van der Waals surface area (Å²) < 4.78 is 12.3. The Balaban J connectivity index is 1.42. The Morgan fingerprint density at radius 3 is 2.44 bits per heavy atom. The first-order valence-corrected chi connectivity index (χ1v) is 15.7. The van der Waals surface area contributed by atoms with Gasteiger partial charge in [-0.15, -0.1) is 0 Å². The summed E-state index contributed by atoms with van der Waals surface area (Å²) in [6.45, 7) is 2.09. The lowest BCUT2D eigenvalue weighted by Crippen LogP contribution is -2.57. The van der Waals surface area contributed by atoms with E-state index >= 15 is 0 Å². The molecule has 0 radical (unpaired) electrons. The number of cyclic esters (lactones) is 1. The molecule has 0 unspecified atom stereocenters. The molecule has 2 aromatic carbocycles. The van der Waals surface area contributed by atoms with E-state index in [9.17, 15) is 24.3 Å². The summed E-state index contributed by atoms with van der Waals surface area (Å²) in [6.07, 6.45) is 7.24. The molecule has 0 aliphatic carbocycles. The largest absolute Gasteiger partial charge is 0.463 e. The zero-order chi connectivity index (χ0) is 31.6. The van der Waals surface area contributed by atoms with Crippen molar-refractivity contribution in [2.24, 2.45) is 11.8 Å². The third-order valence-electron chi connectivity index (χ3n) is 9.38. The molecule has 2 fully saturated rings. The van der Waals surface area contributed by atoms with Gasteiger partial charge in [-0.05, 0) is 24.0 Å². The fraction of sp³-hybridized carbons (Fsp3) is 0.429. The summed E-state index contributed by atoms with van der Waals surface area (Å²) in [7, 11) is 0. The zero-order valence-corrected chi connectivity index (χ0v) is 25.3. The maximum Gasteiger partial charge on any atom is 0.306 e. The van der Waals surface area contributed by atoms with Crippen LogP contribution in [0.1, 0.15) is 43.4 Å². The second kappa shape index (κ2) is 13.0. The van der Waals surface area contributed by atoms with Crippen LogP contribution in [-0.2, 0) is 35.2 Å². The van der Waals surface area contributed by atoms with Crippen LogP contribution in [-0.4, -0.2) is 82.1 Å². The molecule has 236 valence electrons. The second-order valence-corrected chi connectivity index (χ2v) is 12.1. The molecule has 10 heteroatoms. The van der Waals surface area contributed by atoms with Crippen LogP contribution in [0.4, 0.5) is 0 Å². The number of amides is 3. The van der Waals surface area contributed by atoms with Gasteiger partial charge in [-0.3, -0.25) is 19.2 Å². The lowest BCUT2D eigenvalue weighted by molar-refractivity contribution is -0.151. The van der Waals surface area contributed by atoms with Crippen molar-refractivity contribution < 1.29 is 33.8 Å². The molecule has 4 aliphatic heterocycles. The Bertz CT molecular complexity index is 1470. The monoisotopic (exact) mass is 613 g/mol. The lowest BCUT2D eigenvalue weighted by atomic mass is 9.77. The number of esters is 1. The van der Waals surface area contributed by atoms with E-state index in [1.807, 2.05) is 73.7 Å². The first-order chi connectivity index (χ1) is 21.9. The quantitative estimate of drug-likeness (QED) is 0.379. The molecule has 0 bridgehead atoms. The molecule has 0 saturated carbocycles. The number of benzene rings is 2. The van der Waals surface area contributed by atoms with Gasteiger partial charge in [0, 0.05) is 19.5 Å². The summed E-state index contributed by atoms with van der Waals surface area (Å²) >= 11 is 0. The summed E-state index contributed by atoms with van der Waals surface area (Å²) in [5, 5.41) is 13.4. The minimum atomic E-state index is -1.44. The summed E-state index contributed by atoms with van der Waals surface area (Å²) in [4.78, 5) is 59.0. The van der Waals surface area contributed by atoms with Crippen molar-refractivity contribution in [1.82, 2.24) is 15.1 Å². The van der Waals surface area contributed by atoms with Crippen LogP contribution >= 0.6 is 0 Å². The van der Waals surface area contributed by atoms with Crippen molar-refractivity contribution in [3.63, 3.8) is 0 Å². The minimum Gasteiger partial charge on any atom is -0.463 e. The van der Waals surface area contributed by atoms with Crippen molar-refractivity contribution >= 4 is 23.7 Å². The third kappa shape index (κ3) is 5.68. The van der Waals surface area contributed by atoms with Gasteiger partial charge in [0.1, 0.15) is 18.2 Å². The average Bonchev–Trinajstić information content (AvgIpc) is 3.45. The predicted molar refractivity (Wildman–Crippen MR) is 164 cm³/mol. The predicted octanol–water partition coefficient (Wildman–Crippen LogP) is 2.69. The number of nitrogens with zero attached hydrogens (tertiary/aromatic N) is 2. The molecule has 3 amide bonds. The van der Waals surface area contributed by atoms with Gasteiger partial charge in [-0.2, -0.15) is 0 Å². The highest BCUT2D eigenvalue weighted by Crippen LogP contribution is 2.53. The smallest absolute Gasteiger partial charge is 0.306 e. The summed E-state index contributed by atoms with van der Waals surface area (Å²) in [5.74, 6) is -3.51. The van der Waals surface area contributed by atoms with Crippen molar-refractivity contribution in [3.8, 4) is 0 Å². The Labute approximate surface area is 262 Å². The Hall–Kier alpha value is -4.28. The van der Waals surface area contributed by atoms with E-state index < -0.39 is 53.5 Å². The number of nitrogens with one attached hydrogen (secondary N) is 1. The van der Waals surface area contributed by atoms with Gasteiger partial charge in [0.15, 0.2) is 0 Å². The van der Waals surface area contributed by atoms with E-state index in [1.165, 1.54) is 4.90 Å². The maximum absolute atomic E-state index is 14.6. The van der Waals surface area contributed by atoms with Crippen molar-refractivity contribution in [1.29, 1.82) is 0 Å². The molecule has 2 aromatic rings. The number of aliphatic hydroxyl groups is 1. The molecule has 45 heavy (non-hydrogen) atoms. The van der Waals surface area contributed by atoms with E-state index in [0.29, 0.717) is 25.9 Å². The molecular weight excluding hydrogens is 574 g/mol. The Kier molecular flexibility index (Phi) is 8.87. The fourth-order valence-electron chi connectivity index (χ4n) is 7.18. The molecular formula is C35H39N3O7. The first-order valence-electron chi connectivity index (χ1n) is 15.7. The Morgan fingerprint density at radius 2 is 1.73 bits per heavy atom. The van der Waals surface area contributed by atoms with Gasteiger partial charge in [0.2, 0.25) is 17.7 Å². The number of hydrogen-bond donors (Lipinski definition) is 2. The zero-order valence-electron chi connectivity index (χ0n) is 25.3. The normalized spacial score (nSPS) is 31.5. The lowest BCUT2D eigenvalue weighted by Gasteiger charge is -2.38. The second-order valence-electron chi connectivity index (χ2n) is 12.1. The first kappa shape index (κ1) is 30.7. The topological polar surface area (TPSA) is 125 Å². The number of aliphatic hydroxyl groups excluding tert-OH is 1. The van der Waals surface area contributed by atoms with Gasteiger partial charge >= 0.3 is 5.97 Å². The van der Waals surface area contributed by atoms with Crippen LogP contribution in [0.15, 0.2) is 85.0 Å². The van der Waals surface area contributed by atoms with E-state index in [2.05, 4.69) is 5.32 Å². The molecule has 6 rings (SSSR count). The SMILES string of the molecule is CC[C@@H](CO)N1C(=O)[C@H]2[C@@H]3C(=O)N[C@@H](c4ccccc4)COC(=O)CC/C=C\[C@@H]3O[C@]23C=CCN(Cc2ccccc2)C(=O)[C@H]13. The highest BCUT2D eigenvalue weighted by molar-refractivity contribution is 6.00. The van der Waals surface area contributed by atoms with Gasteiger partial charge in [-0.25, -0.2) is 0 Å². The fourth-order valence-corrected chi connectivity index (χ4v) is 7.18. The number of hydrogen-bond acceptors (Lipinski definition) is 7. The van der Waals surface area contributed by atoms with Crippen molar-refractivity contribution in [2.75, 3.05) is 19.8 Å². The summed E-state index contributed by atoms with van der Waals surface area (Å²) in [5.41, 5.74) is 0.256. The standard InChI is InChI=1S/C35H39N3O7/c1-2-25(21-39)38-31-34(43)37(20-23-12-5-3-6-13-23)19-11-18-35(31)30(33(38)42)29-27(45-35)16-9-10-17-28(40)44-22-26(36-32(29)41)24-14-7-4-8-15-24/h3-9,11-16,18,25-27,29-31,39H,2,10,17,19-22H2,1H3,(H,36,41)/b16-9-/t25-,26+,27-,29+,30+,31-,35+/m0/s1. The average molecular weight is 614 g/mol. The van der Waals surface area contributed by atoms with Gasteiger partial charge in [0.25, 0.3) is 0 Å². The number of carbonyl (C=O) groups is 4.